The van der Waals surface area contributed by atoms with Gasteiger partial charge in [-0.2, -0.15) is 4.98 Å². The summed E-state index contributed by atoms with van der Waals surface area (Å²) in [5, 5.41) is 4.70. The van der Waals surface area contributed by atoms with Crippen LogP contribution in [-0.4, -0.2) is 59.0 Å². The summed E-state index contributed by atoms with van der Waals surface area (Å²) in [5.74, 6) is 1.57. The van der Waals surface area contributed by atoms with Crippen molar-refractivity contribution in [1.82, 2.24) is 19.9 Å². The Bertz CT molecular complexity index is 929. The minimum atomic E-state index is 0.712. The Hall–Kier alpha value is -3.09. The number of nitrogens with one attached hydrogen (secondary N) is 2. The van der Waals surface area contributed by atoms with Crippen molar-refractivity contribution < 1.29 is 4.79 Å². The molecule has 3 heterocycles. The van der Waals surface area contributed by atoms with Crippen molar-refractivity contribution in [3.8, 4) is 0 Å². The second-order valence-electron chi connectivity index (χ2n) is 6.86. The number of hydrogen-bond donors (Lipinski definition) is 2. The second-order valence-corrected chi connectivity index (χ2v) is 6.86. The molecule has 1 aliphatic heterocycles. The Morgan fingerprint density at radius 2 is 2.00 bits per heavy atom. The Balaban J connectivity index is 1.40. The third-order valence-corrected chi connectivity index (χ3v) is 4.96. The molecule has 0 saturated carbocycles. The van der Waals surface area contributed by atoms with Gasteiger partial charge in [0.15, 0.2) is 0 Å². The molecule has 4 rings (SSSR count). The van der Waals surface area contributed by atoms with Crippen molar-refractivity contribution in [3.05, 3.63) is 47.8 Å². The molecular weight excluding hydrogens is 340 g/mol. The highest BCUT2D eigenvalue weighted by Gasteiger charge is 2.18. The van der Waals surface area contributed by atoms with Crippen LogP contribution in [-0.2, 0) is 11.2 Å². The minimum Gasteiger partial charge on any atom is -0.370 e. The minimum absolute atomic E-state index is 0.712. The molecule has 2 aromatic heterocycles. The van der Waals surface area contributed by atoms with E-state index in [0.717, 1.165) is 49.9 Å². The average Bonchev–Trinajstić information content (AvgIpc) is 3.11. The van der Waals surface area contributed by atoms with Crippen molar-refractivity contribution in [1.29, 1.82) is 0 Å². The van der Waals surface area contributed by atoms with Crippen LogP contribution in [0.2, 0.25) is 0 Å². The number of fused-ring (bicyclic) bond motifs is 1. The van der Waals surface area contributed by atoms with E-state index in [1.54, 1.807) is 4.90 Å². The van der Waals surface area contributed by atoms with Gasteiger partial charge in [0.1, 0.15) is 5.82 Å². The first-order chi connectivity index (χ1) is 13.2. The number of H-pyrrole nitrogens is 1. The highest BCUT2D eigenvalue weighted by molar-refractivity contribution is 5.83. The van der Waals surface area contributed by atoms with Crippen LogP contribution in [0.1, 0.15) is 11.3 Å². The van der Waals surface area contributed by atoms with E-state index in [2.05, 4.69) is 49.6 Å². The Labute approximate surface area is 158 Å². The summed E-state index contributed by atoms with van der Waals surface area (Å²) in [6.45, 7) is 5.73. The molecule has 0 bridgehead atoms. The maximum absolute atomic E-state index is 10.9. The van der Waals surface area contributed by atoms with Crippen molar-refractivity contribution in [2.24, 2.45) is 0 Å². The van der Waals surface area contributed by atoms with Crippen molar-refractivity contribution in [3.63, 3.8) is 0 Å². The number of para-hydroxylation sites is 1. The number of benzene rings is 1. The zero-order valence-corrected chi connectivity index (χ0v) is 15.5. The van der Waals surface area contributed by atoms with E-state index in [1.807, 2.05) is 19.1 Å². The molecule has 27 heavy (non-hydrogen) atoms. The van der Waals surface area contributed by atoms with Crippen LogP contribution < -0.4 is 10.2 Å². The number of carbonyl (C=O) groups excluding carboxylic acids is 1. The highest BCUT2D eigenvalue weighted by atomic mass is 16.1. The van der Waals surface area contributed by atoms with Crippen LogP contribution >= 0.6 is 0 Å². The average molecular weight is 364 g/mol. The predicted octanol–water partition coefficient (Wildman–Crippen LogP) is 2.20. The molecule has 3 aromatic rings. The van der Waals surface area contributed by atoms with E-state index < -0.39 is 0 Å². The first-order valence-electron chi connectivity index (χ1n) is 9.32. The van der Waals surface area contributed by atoms with Gasteiger partial charge >= 0.3 is 0 Å². The summed E-state index contributed by atoms with van der Waals surface area (Å²) < 4.78 is 0. The first kappa shape index (κ1) is 17.3. The van der Waals surface area contributed by atoms with Crippen molar-refractivity contribution in [2.75, 3.05) is 42.9 Å². The maximum atomic E-state index is 10.9. The molecule has 0 spiro atoms. The number of amides is 1. The van der Waals surface area contributed by atoms with Gasteiger partial charge in [0.25, 0.3) is 0 Å². The molecule has 7 nitrogen and oxygen atoms in total. The summed E-state index contributed by atoms with van der Waals surface area (Å²) in [6.07, 6.45) is 3.90. The molecule has 0 radical (unpaired) electrons. The molecule has 1 aliphatic rings. The number of aromatic nitrogens is 3. The number of piperazine rings is 1. The fraction of sp³-hybridized carbons (Fsp3) is 0.350. The van der Waals surface area contributed by atoms with E-state index in [1.165, 1.54) is 16.5 Å². The predicted molar refractivity (Wildman–Crippen MR) is 107 cm³/mol. The lowest BCUT2D eigenvalue weighted by atomic mass is 10.1. The van der Waals surface area contributed by atoms with Gasteiger partial charge in [0.2, 0.25) is 12.4 Å². The molecule has 140 valence electrons. The van der Waals surface area contributed by atoms with Crippen LogP contribution in [0.4, 0.5) is 11.8 Å². The number of hydrogen-bond acceptors (Lipinski definition) is 5. The lowest BCUT2D eigenvalue weighted by Gasteiger charge is -2.32. The van der Waals surface area contributed by atoms with Gasteiger partial charge in [-0.25, -0.2) is 4.98 Å². The molecule has 1 amide bonds. The quantitative estimate of drug-likeness (QED) is 0.656. The van der Waals surface area contributed by atoms with Crippen molar-refractivity contribution in [2.45, 2.75) is 13.3 Å². The Morgan fingerprint density at radius 1 is 1.19 bits per heavy atom. The normalized spacial score (nSPS) is 14.6. The first-order valence-corrected chi connectivity index (χ1v) is 9.32. The number of carbonyl (C=O) groups is 1. The lowest BCUT2D eigenvalue weighted by molar-refractivity contribution is -0.118. The topological polar surface area (TPSA) is 77.2 Å². The largest absolute Gasteiger partial charge is 0.370 e. The van der Waals surface area contributed by atoms with Crippen LogP contribution in [0.5, 0.6) is 0 Å². The summed E-state index contributed by atoms with van der Waals surface area (Å²) in [4.78, 5) is 27.4. The van der Waals surface area contributed by atoms with Gasteiger partial charge in [0.05, 0.1) is 0 Å². The molecule has 1 aromatic carbocycles. The van der Waals surface area contributed by atoms with E-state index in [0.29, 0.717) is 13.1 Å². The van der Waals surface area contributed by atoms with Crippen molar-refractivity contribution >= 4 is 29.1 Å². The van der Waals surface area contributed by atoms with Gasteiger partial charge in [-0.3, -0.25) is 4.79 Å². The fourth-order valence-corrected chi connectivity index (χ4v) is 3.48. The van der Waals surface area contributed by atoms with Crippen LogP contribution in [0.25, 0.3) is 10.9 Å². The molecular formula is C20H24N6O. The SMILES string of the molecule is Cc1cc(NCCc2c[nH]c3ccccc23)nc(N2CCN(C=O)CC2)n1. The number of anilines is 2. The Kier molecular flexibility index (Phi) is 4.91. The molecule has 0 unspecified atom stereocenters. The summed E-state index contributed by atoms with van der Waals surface area (Å²) in [5.41, 5.74) is 3.41. The van der Waals surface area contributed by atoms with Gasteiger partial charge in [-0.1, -0.05) is 18.2 Å². The van der Waals surface area contributed by atoms with Gasteiger partial charge in [-0.15, -0.1) is 0 Å². The number of aromatic amines is 1. The molecule has 0 aliphatic carbocycles. The van der Waals surface area contributed by atoms with E-state index >= 15 is 0 Å². The summed E-state index contributed by atoms with van der Waals surface area (Å²) in [7, 11) is 0. The maximum Gasteiger partial charge on any atom is 0.227 e. The smallest absolute Gasteiger partial charge is 0.227 e. The van der Waals surface area contributed by atoms with E-state index in [-0.39, 0.29) is 0 Å². The van der Waals surface area contributed by atoms with E-state index in [4.69, 9.17) is 0 Å². The number of nitrogens with zero attached hydrogens (tertiary/aromatic N) is 4. The molecule has 1 saturated heterocycles. The molecule has 1 fully saturated rings. The Morgan fingerprint density at radius 3 is 2.81 bits per heavy atom. The second kappa shape index (κ2) is 7.65. The van der Waals surface area contributed by atoms with E-state index in [9.17, 15) is 4.79 Å². The zero-order valence-electron chi connectivity index (χ0n) is 15.5. The standard InChI is InChI=1S/C20H24N6O/c1-15-12-19(24-20(23-15)26-10-8-25(14-27)9-11-26)21-7-6-16-13-22-18-5-3-2-4-17(16)18/h2-5,12-14,22H,6-11H2,1H3,(H,21,23,24). The molecule has 0 atom stereocenters. The fourth-order valence-electron chi connectivity index (χ4n) is 3.48. The third-order valence-electron chi connectivity index (χ3n) is 4.96. The highest BCUT2D eigenvalue weighted by Crippen LogP contribution is 2.19. The third kappa shape index (κ3) is 3.86. The summed E-state index contributed by atoms with van der Waals surface area (Å²) >= 11 is 0. The van der Waals surface area contributed by atoms with Crippen LogP contribution in [0.15, 0.2) is 36.5 Å². The number of aryl methyl sites for hydroxylation is 1. The lowest BCUT2D eigenvalue weighted by Crippen LogP contribution is -2.46. The van der Waals surface area contributed by atoms with Crippen LogP contribution in [0, 0.1) is 6.92 Å². The monoisotopic (exact) mass is 364 g/mol. The van der Waals surface area contributed by atoms with Gasteiger partial charge < -0.3 is 20.1 Å². The van der Waals surface area contributed by atoms with Crippen LogP contribution in [0.3, 0.4) is 0 Å². The molecule has 7 heteroatoms. The molecule has 2 N–H and O–H groups in total. The zero-order chi connectivity index (χ0) is 18.6. The van der Waals surface area contributed by atoms with Gasteiger partial charge in [-0.05, 0) is 25.0 Å². The number of rotatable bonds is 6. The van der Waals surface area contributed by atoms with Gasteiger partial charge in [0, 0.05) is 61.6 Å². The summed E-state index contributed by atoms with van der Waals surface area (Å²) in [6, 6.07) is 10.3.